The van der Waals surface area contributed by atoms with Gasteiger partial charge in [-0.2, -0.15) is 11.8 Å². The van der Waals surface area contributed by atoms with Gasteiger partial charge in [0.05, 0.1) is 5.41 Å². The van der Waals surface area contributed by atoms with Crippen molar-refractivity contribution in [3.63, 3.8) is 0 Å². The lowest BCUT2D eigenvalue weighted by Crippen LogP contribution is -2.49. The highest BCUT2D eigenvalue weighted by molar-refractivity contribution is 8.00. The Balaban J connectivity index is 2.34. The van der Waals surface area contributed by atoms with E-state index >= 15 is 0 Å². The molecule has 1 aliphatic heterocycles. The molecule has 4 nitrogen and oxygen atoms in total. The molecule has 0 bridgehead atoms. The third-order valence-electron chi connectivity index (χ3n) is 3.25. The van der Waals surface area contributed by atoms with Gasteiger partial charge < -0.3 is 15.8 Å². The van der Waals surface area contributed by atoms with E-state index in [-0.39, 0.29) is 10.7 Å². The summed E-state index contributed by atoms with van der Waals surface area (Å²) in [5.74, 6) is 1.04. The molecule has 1 amide bonds. The molecule has 18 heavy (non-hydrogen) atoms. The zero-order chi connectivity index (χ0) is 13.6. The van der Waals surface area contributed by atoms with Gasteiger partial charge in [-0.15, -0.1) is 0 Å². The number of carbonyl (C=O) groups is 1. The number of amides is 1. The molecule has 0 saturated carbocycles. The van der Waals surface area contributed by atoms with Gasteiger partial charge in [-0.25, -0.2) is 0 Å². The molecule has 0 unspecified atom stereocenters. The van der Waals surface area contributed by atoms with Crippen LogP contribution in [0.3, 0.4) is 0 Å². The van der Waals surface area contributed by atoms with Crippen molar-refractivity contribution >= 4 is 17.7 Å². The summed E-state index contributed by atoms with van der Waals surface area (Å²) in [6.07, 6.45) is 1.48. The van der Waals surface area contributed by atoms with Crippen molar-refractivity contribution < 1.29 is 9.53 Å². The highest BCUT2D eigenvalue weighted by Crippen LogP contribution is 2.29. The molecule has 1 heterocycles. The Bertz CT molecular complexity index is 271. The summed E-state index contributed by atoms with van der Waals surface area (Å²) in [5.41, 5.74) is 5.39. The van der Waals surface area contributed by atoms with E-state index in [1.807, 2.05) is 11.8 Å². The Morgan fingerprint density at radius 2 is 2.00 bits per heavy atom. The normalized spacial score (nSPS) is 19.6. The van der Waals surface area contributed by atoms with Crippen LogP contribution >= 0.6 is 11.8 Å². The molecule has 3 N–H and O–H groups in total. The van der Waals surface area contributed by atoms with Crippen molar-refractivity contribution in [2.75, 3.05) is 32.1 Å². The number of nitrogens with one attached hydrogen (secondary N) is 1. The average molecular weight is 274 g/mol. The van der Waals surface area contributed by atoms with Gasteiger partial charge in [0.2, 0.25) is 5.91 Å². The molecule has 0 aromatic carbocycles. The van der Waals surface area contributed by atoms with E-state index in [4.69, 9.17) is 10.5 Å². The molecule has 0 atom stereocenters. The second kappa shape index (κ2) is 6.78. The van der Waals surface area contributed by atoms with Crippen molar-refractivity contribution in [1.29, 1.82) is 0 Å². The Morgan fingerprint density at radius 3 is 2.50 bits per heavy atom. The molecule has 0 spiro atoms. The van der Waals surface area contributed by atoms with Crippen molar-refractivity contribution in [2.24, 2.45) is 11.1 Å². The van der Waals surface area contributed by atoms with Crippen LogP contribution < -0.4 is 11.1 Å². The summed E-state index contributed by atoms with van der Waals surface area (Å²) >= 11 is 1.86. The van der Waals surface area contributed by atoms with Crippen LogP contribution in [-0.2, 0) is 9.53 Å². The number of rotatable bonds is 5. The van der Waals surface area contributed by atoms with Gasteiger partial charge in [0.25, 0.3) is 0 Å². The van der Waals surface area contributed by atoms with Gasteiger partial charge in [0.1, 0.15) is 0 Å². The molecule has 1 aliphatic rings. The molecule has 0 aliphatic carbocycles. The van der Waals surface area contributed by atoms with Crippen molar-refractivity contribution in [2.45, 2.75) is 38.4 Å². The number of carbonyl (C=O) groups excluding carboxylic acids is 1. The molecule has 1 rings (SSSR count). The van der Waals surface area contributed by atoms with Crippen LogP contribution in [0.4, 0.5) is 0 Å². The lowest BCUT2D eigenvalue weighted by Gasteiger charge is -2.34. The number of ether oxygens (including phenoxy) is 1. The quantitative estimate of drug-likeness (QED) is 0.744. The number of hydrogen-bond acceptors (Lipinski definition) is 4. The summed E-state index contributed by atoms with van der Waals surface area (Å²) in [5, 5.41) is 3.02. The Morgan fingerprint density at radius 1 is 1.39 bits per heavy atom. The van der Waals surface area contributed by atoms with E-state index in [1.54, 1.807) is 0 Å². The van der Waals surface area contributed by atoms with Crippen LogP contribution in [0.25, 0.3) is 0 Å². The Hall–Kier alpha value is -0.260. The van der Waals surface area contributed by atoms with Gasteiger partial charge in [-0.3, -0.25) is 4.79 Å². The molecule has 1 fully saturated rings. The minimum absolute atomic E-state index is 0.0998. The zero-order valence-electron chi connectivity index (χ0n) is 11.8. The predicted octanol–water partition coefficient (Wildman–Crippen LogP) is 1.39. The van der Waals surface area contributed by atoms with E-state index < -0.39 is 5.41 Å². The van der Waals surface area contributed by atoms with Crippen LogP contribution in [0.2, 0.25) is 0 Å². The lowest BCUT2D eigenvalue weighted by atomic mass is 9.79. The second-order valence-corrected chi connectivity index (χ2v) is 7.74. The Labute approximate surface area is 114 Å². The van der Waals surface area contributed by atoms with Crippen LogP contribution in [0, 0.1) is 5.41 Å². The lowest BCUT2D eigenvalue weighted by molar-refractivity contribution is -0.135. The summed E-state index contributed by atoms with van der Waals surface area (Å²) in [7, 11) is 0. The highest BCUT2D eigenvalue weighted by Gasteiger charge is 2.38. The number of hydrogen-bond donors (Lipinski definition) is 2. The monoisotopic (exact) mass is 274 g/mol. The molecular formula is C13H26N2O2S. The fraction of sp³-hybridized carbons (Fsp3) is 0.923. The van der Waals surface area contributed by atoms with Gasteiger partial charge in [-0.05, 0) is 12.8 Å². The summed E-state index contributed by atoms with van der Waals surface area (Å²) in [6.45, 7) is 8.94. The van der Waals surface area contributed by atoms with Crippen LogP contribution in [0.1, 0.15) is 33.6 Å². The maximum Gasteiger partial charge on any atom is 0.227 e. The molecule has 0 aromatic heterocycles. The van der Waals surface area contributed by atoms with E-state index in [1.165, 1.54) is 0 Å². The number of nitrogens with two attached hydrogens (primary N) is 1. The van der Waals surface area contributed by atoms with Crippen LogP contribution in [0.15, 0.2) is 0 Å². The minimum atomic E-state index is -0.398. The van der Waals surface area contributed by atoms with Crippen LogP contribution in [0.5, 0.6) is 0 Å². The first-order valence-electron chi connectivity index (χ1n) is 6.60. The van der Waals surface area contributed by atoms with E-state index in [9.17, 15) is 4.79 Å². The van der Waals surface area contributed by atoms with Crippen molar-refractivity contribution in [3.05, 3.63) is 0 Å². The van der Waals surface area contributed by atoms with Crippen molar-refractivity contribution in [1.82, 2.24) is 5.32 Å². The second-order valence-electron chi connectivity index (χ2n) is 5.81. The molecular weight excluding hydrogens is 248 g/mol. The highest BCUT2D eigenvalue weighted by atomic mass is 32.2. The average Bonchev–Trinajstić information content (AvgIpc) is 2.34. The Kier molecular flexibility index (Phi) is 5.95. The summed E-state index contributed by atoms with van der Waals surface area (Å²) in [6, 6.07) is 0. The maximum atomic E-state index is 12.2. The van der Waals surface area contributed by atoms with Gasteiger partial charge >= 0.3 is 0 Å². The first-order valence-corrected chi connectivity index (χ1v) is 7.58. The summed E-state index contributed by atoms with van der Waals surface area (Å²) < 4.78 is 5.55. The molecule has 5 heteroatoms. The molecule has 1 saturated heterocycles. The largest absolute Gasteiger partial charge is 0.381 e. The third-order valence-corrected chi connectivity index (χ3v) is 4.52. The smallest absolute Gasteiger partial charge is 0.227 e. The maximum absolute atomic E-state index is 12.2. The predicted molar refractivity (Wildman–Crippen MR) is 76.8 cm³/mol. The van der Waals surface area contributed by atoms with Crippen molar-refractivity contribution in [3.8, 4) is 0 Å². The topological polar surface area (TPSA) is 64.4 Å². The minimum Gasteiger partial charge on any atom is -0.381 e. The first-order chi connectivity index (χ1) is 8.40. The molecule has 106 valence electrons. The van der Waals surface area contributed by atoms with E-state index in [2.05, 4.69) is 26.1 Å². The molecule has 0 radical (unpaired) electrons. The molecule has 0 aromatic rings. The SMILES string of the molecule is CC(C)(C)SCCNC(=O)C1(CN)CCOCC1. The standard InChI is InChI=1S/C13H26N2O2S/c1-12(2,3)18-9-6-15-11(16)13(10-14)4-7-17-8-5-13/h4-10,14H2,1-3H3,(H,15,16). The number of thioether (sulfide) groups is 1. The first kappa shape index (κ1) is 15.8. The summed E-state index contributed by atoms with van der Waals surface area (Å²) in [4.78, 5) is 12.2. The fourth-order valence-electron chi connectivity index (χ4n) is 2.00. The van der Waals surface area contributed by atoms with Gasteiger partial charge in [0.15, 0.2) is 0 Å². The van der Waals surface area contributed by atoms with E-state index in [0.717, 1.165) is 18.6 Å². The van der Waals surface area contributed by atoms with Gasteiger partial charge in [-0.1, -0.05) is 20.8 Å². The fourth-order valence-corrected chi connectivity index (χ4v) is 2.81. The van der Waals surface area contributed by atoms with E-state index in [0.29, 0.717) is 26.3 Å². The zero-order valence-corrected chi connectivity index (χ0v) is 12.6. The van der Waals surface area contributed by atoms with Gasteiger partial charge in [0, 0.05) is 36.8 Å². The van der Waals surface area contributed by atoms with Crippen LogP contribution in [-0.4, -0.2) is 42.7 Å². The third kappa shape index (κ3) is 4.78.